The Morgan fingerprint density at radius 2 is 1.77 bits per heavy atom. The van der Waals surface area contributed by atoms with Gasteiger partial charge in [-0.2, -0.15) is 0 Å². The second-order valence-electron chi connectivity index (χ2n) is 9.84. The van der Waals surface area contributed by atoms with Gasteiger partial charge in [-0.05, 0) is 63.3 Å². The fourth-order valence-corrected chi connectivity index (χ4v) is 6.09. The minimum absolute atomic E-state index is 0.119. The molecule has 2 aromatic carbocycles. The number of carbonyl (C=O) groups is 1. The molecule has 0 radical (unpaired) electrons. The Balaban J connectivity index is 1.71. The third-order valence-electron chi connectivity index (χ3n) is 6.97. The Morgan fingerprint density at radius 3 is 2.40 bits per heavy atom. The van der Waals surface area contributed by atoms with E-state index in [1.807, 2.05) is 49.6 Å². The summed E-state index contributed by atoms with van der Waals surface area (Å²) in [6.45, 7) is 12.5. The molecule has 1 amide bonds. The van der Waals surface area contributed by atoms with E-state index in [0.717, 1.165) is 41.1 Å². The lowest BCUT2D eigenvalue weighted by molar-refractivity contribution is 0.0945. The van der Waals surface area contributed by atoms with Crippen LogP contribution in [-0.4, -0.2) is 35.6 Å². The highest BCUT2D eigenvalue weighted by molar-refractivity contribution is 7.92. The molecule has 0 aliphatic rings. The molecular weight excluding hydrogens is 526 g/mol. The van der Waals surface area contributed by atoms with Crippen molar-refractivity contribution in [2.45, 2.75) is 72.2 Å². The third kappa shape index (κ3) is 5.82. The fraction of sp³-hybridized carbons (Fsp3) is 0.367. The van der Waals surface area contributed by atoms with Gasteiger partial charge in [0.15, 0.2) is 5.82 Å². The van der Waals surface area contributed by atoms with E-state index < -0.39 is 10.0 Å². The maximum Gasteiger partial charge on any atom is 0.269 e. The average molecular weight is 564 g/mol. The van der Waals surface area contributed by atoms with Crippen molar-refractivity contribution in [2.75, 3.05) is 11.3 Å². The normalized spacial score (nSPS) is 11.6. The van der Waals surface area contributed by atoms with Crippen LogP contribution in [0.1, 0.15) is 71.6 Å². The third-order valence-corrected chi connectivity index (χ3v) is 8.36. The van der Waals surface area contributed by atoms with Gasteiger partial charge in [-0.25, -0.2) is 13.4 Å². The highest BCUT2D eigenvalue weighted by Crippen LogP contribution is 2.32. The molecule has 40 heavy (non-hydrogen) atoms. The zero-order chi connectivity index (χ0) is 29.0. The minimum Gasteiger partial charge on any atom is -0.359 e. The lowest BCUT2D eigenvalue weighted by Crippen LogP contribution is -2.27. The average Bonchev–Trinajstić information content (AvgIpc) is 3.43. The number of anilines is 1. The van der Waals surface area contributed by atoms with Crippen molar-refractivity contribution in [3.8, 4) is 11.1 Å². The molecule has 0 atom stereocenters. The van der Waals surface area contributed by atoms with Crippen LogP contribution in [0.5, 0.6) is 0 Å². The van der Waals surface area contributed by atoms with Crippen LogP contribution in [0.4, 0.5) is 5.82 Å². The number of aromatic nitrogens is 3. The van der Waals surface area contributed by atoms with E-state index in [0.29, 0.717) is 42.1 Å². The molecule has 4 rings (SSSR count). The summed E-state index contributed by atoms with van der Waals surface area (Å²) in [5.74, 6) is 1.51. The molecule has 10 heteroatoms. The zero-order valence-corrected chi connectivity index (χ0v) is 24.8. The number of aryl methyl sites for hydroxylation is 4. The molecule has 2 aromatic heterocycles. The molecule has 2 heterocycles. The standard InChI is InChI=1S/C30H37N5O4S/c1-7-12-27-32-25(8-2)28(30(36)31-9-3)35(27)18-22-15-16-23(19(4)17-22)24-13-10-11-14-26(24)40(37,38)34-29-20(5)21(6)39-33-29/h10-11,13-17H,7-9,12,18H2,1-6H3,(H,31,36)(H,33,34). The molecule has 0 fully saturated rings. The predicted molar refractivity (Wildman–Crippen MR) is 156 cm³/mol. The molecule has 2 N–H and O–H groups in total. The van der Waals surface area contributed by atoms with Gasteiger partial charge in [0.2, 0.25) is 0 Å². The van der Waals surface area contributed by atoms with E-state index in [1.54, 1.807) is 32.0 Å². The second-order valence-corrected chi connectivity index (χ2v) is 11.5. The molecule has 0 aliphatic heterocycles. The van der Waals surface area contributed by atoms with Crippen molar-refractivity contribution < 1.29 is 17.7 Å². The summed E-state index contributed by atoms with van der Waals surface area (Å²) in [5, 5.41) is 6.78. The Labute approximate surface area is 236 Å². The largest absolute Gasteiger partial charge is 0.359 e. The van der Waals surface area contributed by atoms with Crippen LogP contribution in [0.2, 0.25) is 0 Å². The Hall–Kier alpha value is -3.92. The molecule has 4 aromatic rings. The van der Waals surface area contributed by atoms with Crippen LogP contribution in [0.3, 0.4) is 0 Å². The maximum absolute atomic E-state index is 13.4. The van der Waals surface area contributed by atoms with E-state index >= 15 is 0 Å². The lowest BCUT2D eigenvalue weighted by Gasteiger charge is -2.16. The summed E-state index contributed by atoms with van der Waals surface area (Å²) in [5.41, 5.74) is 5.35. The smallest absolute Gasteiger partial charge is 0.269 e. The molecule has 0 bridgehead atoms. The molecule has 212 valence electrons. The number of amides is 1. The number of hydrogen-bond acceptors (Lipinski definition) is 6. The second kappa shape index (κ2) is 12.1. The quantitative estimate of drug-likeness (QED) is 0.246. The summed E-state index contributed by atoms with van der Waals surface area (Å²) >= 11 is 0. The first-order chi connectivity index (χ1) is 19.1. The van der Waals surface area contributed by atoms with Crippen molar-refractivity contribution >= 4 is 21.7 Å². The number of rotatable bonds is 11. The van der Waals surface area contributed by atoms with Gasteiger partial charge in [0, 0.05) is 30.6 Å². The number of sulfonamides is 1. The van der Waals surface area contributed by atoms with Crippen LogP contribution in [-0.2, 0) is 29.4 Å². The van der Waals surface area contributed by atoms with E-state index in [4.69, 9.17) is 9.51 Å². The van der Waals surface area contributed by atoms with Crippen LogP contribution < -0.4 is 10.0 Å². The highest BCUT2D eigenvalue weighted by atomic mass is 32.2. The van der Waals surface area contributed by atoms with Crippen LogP contribution >= 0.6 is 0 Å². The van der Waals surface area contributed by atoms with E-state index in [2.05, 4.69) is 22.1 Å². The number of carbonyl (C=O) groups excluding carboxylic acids is 1. The molecule has 0 spiro atoms. The van der Waals surface area contributed by atoms with E-state index in [-0.39, 0.29) is 16.6 Å². The number of nitrogens with zero attached hydrogens (tertiary/aromatic N) is 3. The predicted octanol–water partition coefficient (Wildman–Crippen LogP) is 5.58. The summed E-state index contributed by atoms with van der Waals surface area (Å²) in [6, 6.07) is 12.9. The van der Waals surface area contributed by atoms with Crippen molar-refractivity contribution in [1.82, 2.24) is 20.0 Å². The summed E-state index contributed by atoms with van der Waals surface area (Å²) in [4.78, 5) is 18.0. The van der Waals surface area contributed by atoms with Gasteiger partial charge in [-0.3, -0.25) is 9.52 Å². The zero-order valence-electron chi connectivity index (χ0n) is 24.0. The van der Waals surface area contributed by atoms with Gasteiger partial charge in [-0.15, -0.1) is 0 Å². The first-order valence-electron chi connectivity index (χ1n) is 13.6. The summed E-state index contributed by atoms with van der Waals surface area (Å²) in [7, 11) is -3.94. The number of hydrogen-bond donors (Lipinski definition) is 2. The van der Waals surface area contributed by atoms with Gasteiger partial charge < -0.3 is 14.4 Å². The van der Waals surface area contributed by atoms with Gasteiger partial charge >= 0.3 is 0 Å². The first-order valence-corrected chi connectivity index (χ1v) is 15.1. The van der Waals surface area contributed by atoms with E-state index in [9.17, 15) is 13.2 Å². The van der Waals surface area contributed by atoms with Gasteiger partial charge in [0.1, 0.15) is 17.3 Å². The van der Waals surface area contributed by atoms with E-state index in [1.165, 1.54) is 0 Å². The summed E-state index contributed by atoms with van der Waals surface area (Å²) < 4.78 is 36.6. The van der Waals surface area contributed by atoms with Gasteiger partial charge in [-0.1, -0.05) is 55.4 Å². The van der Waals surface area contributed by atoms with Crippen LogP contribution in [0.25, 0.3) is 11.1 Å². The maximum atomic E-state index is 13.4. The highest BCUT2D eigenvalue weighted by Gasteiger charge is 2.24. The van der Waals surface area contributed by atoms with Crippen molar-refractivity contribution in [3.05, 3.63) is 82.1 Å². The van der Waals surface area contributed by atoms with Crippen molar-refractivity contribution in [2.24, 2.45) is 0 Å². The Morgan fingerprint density at radius 1 is 1.02 bits per heavy atom. The van der Waals surface area contributed by atoms with Gasteiger partial charge in [0.25, 0.3) is 15.9 Å². The Kier molecular flexibility index (Phi) is 8.78. The van der Waals surface area contributed by atoms with Crippen LogP contribution in [0, 0.1) is 20.8 Å². The van der Waals surface area contributed by atoms with Gasteiger partial charge in [0.05, 0.1) is 10.6 Å². The molecular formula is C30H37N5O4S. The first kappa shape index (κ1) is 29.1. The number of imidazole rings is 1. The van der Waals surface area contributed by atoms with Crippen molar-refractivity contribution in [3.63, 3.8) is 0 Å². The number of benzene rings is 2. The Bertz CT molecular complexity index is 1640. The minimum atomic E-state index is -3.94. The molecule has 0 saturated heterocycles. The fourth-order valence-electron chi connectivity index (χ4n) is 4.81. The molecule has 0 saturated carbocycles. The monoisotopic (exact) mass is 563 g/mol. The van der Waals surface area contributed by atoms with Crippen molar-refractivity contribution in [1.29, 1.82) is 0 Å². The SMILES string of the molecule is CCCc1nc(CC)c(C(=O)NCC)n1Cc1ccc(-c2ccccc2S(=O)(=O)Nc2noc(C)c2C)c(C)c1. The van der Waals surface area contributed by atoms with Crippen LogP contribution in [0.15, 0.2) is 51.9 Å². The number of nitrogens with one attached hydrogen (secondary N) is 2. The molecule has 9 nitrogen and oxygen atoms in total. The molecule has 0 aliphatic carbocycles. The summed E-state index contributed by atoms with van der Waals surface area (Å²) in [6.07, 6.45) is 2.35. The molecule has 0 unspecified atom stereocenters. The lowest BCUT2D eigenvalue weighted by atomic mass is 9.98. The topological polar surface area (TPSA) is 119 Å².